The number of carbonyl (C=O) groups is 2. The number of nitrogens with two attached hydrogens (primary N) is 1. The first-order chi connectivity index (χ1) is 9.65. The zero-order valence-corrected chi connectivity index (χ0v) is 12.2. The van der Waals surface area contributed by atoms with Crippen molar-refractivity contribution >= 4 is 23.2 Å². The van der Waals surface area contributed by atoms with Gasteiger partial charge in [0, 0.05) is 19.0 Å². The molecule has 4 N–H and O–H groups in total. The largest absolute Gasteiger partial charge is 0.358 e. The number of hydrogen-bond donors (Lipinski definition) is 3. The number of nitrogens with zero attached hydrogens (tertiary/aromatic N) is 2. The van der Waals surface area contributed by atoms with E-state index >= 15 is 0 Å². The first-order valence-electron chi connectivity index (χ1n) is 6.56. The number of hydrazine groups is 1. The van der Waals surface area contributed by atoms with Crippen molar-refractivity contribution in [1.29, 1.82) is 0 Å². The Labute approximate surface area is 121 Å². The topological polar surface area (TPSA) is 100 Å². The number of likely N-dealkylation sites (N-methyl/N-ethyl adjacent to an activating group) is 1. The van der Waals surface area contributed by atoms with Gasteiger partial charge in [-0.1, -0.05) is 6.42 Å². The molecule has 0 radical (unpaired) electrons. The van der Waals surface area contributed by atoms with Crippen LogP contribution in [0.1, 0.15) is 34.8 Å². The van der Waals surface area contributed by atoms with Gasteiger partial charge < -0.3 is 5.32 Å². The predicted octanol–water partition coefficient (Wildman–Crippen LogP) is -0.153. The van der Waals surface area contributed by atoms with Gasteiger partial charge in [0.15, 0.2) is 5.01 Å². The van der Waals surface area contributed by atoms with Crippen LogP contribution >= 0.6 is 11.3 Å². The van der Waals surface area contributed by atoms with Gasteiger partial charge in [-0.15, -0.1) is 11.3 Å². The molecule has 1 fully saturated rings. The lowest BCUT2D eigenvalue weighted by molar-refractivity contribution is -0.127. The van der Waals surface area contributed by atoms with Gasteiger partial charge >= 0.3 is 0 Å². The SMILES string of the molecule is CNC(=O)C1CCCCN1Cc1csc(C(=O)NN)n1. The maximum atomic E-state index is 11.9. The molecule has 20 heavy (non-hydrogen) atoms. The van der Waals surface area contributed by atoms with E-state index in [1.807, 2.05) is 5.38 Å². The normalized spacial score (nSPS) is 19.6. The van der Waals surface area contributed by atoms with E-state index in [0.29, 0.717) is 11.6 Å². The summed E-state index contributed by atoms with van der Waals surface area (Å²) < 4.78 is 0. The Kier molecular flexibility index (Phi) is 5.05. The molecule has 7 nitrogen and oxygen atoms in total. The second-order valence-electron chi connectivity index (χ2n) is 4.71. The zero-order valence-electron chi connectivity index (χ0n) is 11.4. The van der Waals surface area contributed by atoms with Gasteiger partial charge in [0.05, 0.1) is 11.7 Å². The Morgan fingerprint density at radius 2 is 2.35 bits per heavy atom. The Hall–Kier alpha value is -1.51. The van der Waals surface area contributed by atoms with Crippen LogP contribution in [0.15, 0.2) is 5.38 Å². The number of piperidine rings is 1. The first kappa shape index (κ1) is 14.9. The summed E-state index contributed by atoms with van der Waals surface area (Å²) in [5, 5.41) is 4.88. The van der Waals surface area contributed by atoms with Gasteiger partial charge in [-0.2, -0.15) is 0 Å². The van der Waals surface area contributed by atoms with E-state index in [9.17, 15) is 9.59 Å². The maximum absolute atomic E-state index is 11.9. The quantitative estimate of drug-likeness (QED) is 0.407. The number of rotatable bonds is 4. The molecule has 1 saturated heterocycles. The first-order valence-corrected chi connectivity index (χ1v) is 7.44. The van der Waals surface area contributed by atoms with Crippen LogP contribution in [0.4, 0.5) is 0 Å². The highest BCUT2D eigenvalue weighted by Crippen LogP contribution is 2.20. The molecule has 2 amide bonds. The number of amides is 2. The molecule has 1 aromatic heterocycles. The second-order valence-corrected chi connectivity index (χ2v) is 5.57. The molecule has 0 saturated carbocycles. The standard InChI is InChI=1S/C12H19N5O2S/c1-14-10(18)9-4-2-3-5-17(9)6-8-7-20-12(15-8)11(19)16-13/h7,9H,2-6,13H2,1H3,(H,14,18)(H,16,19). The zero-order chi connectivity index (χ0) is 14.5. The summed E-state index contributed by atoms with van der Waals surface area (Å²) >= 11 is 1.26. The molecule has 1 unspecified atom stereocenters. The minimum absolute atomic E-state index is 0.0415. The summed E-state index contributed by atoms with van der Waals surface area (Å²) in [6.07, 6.45) is 3.00. The minimum atomic E-state index is -0.386. The Morgan fingerprint density at radius 1 is 1.55 bits per heavy atom. The summed E-state index contributed by atoms with van der Waals surface area (Å²) in [6, 6.07) is -0.109. The van der Waals surface area contributed by atoms with Crippen LogP contribution < -0.4 is 16.6 Å². The van der Waals surface area contributed by atoms with Crippen LogP contribution in [0.25, 0.3) is 0 Å². The van der Waals surface area contributed by atoms with Gasteiger partial charge in [-0.25, -0.2) is 10.8 Å². The number of thiazole rings is 1. The van der Waals surface area contributed by atoms with Crippen LogP contribution in [-0.4, -0.2) is 41.3 Å². The van der Waals surface area contributed by atoms with Crippen molar-refractivity contribution in [3.63, 3.8) is 0 Å². The number of hydrogen-bond acceptors (Lipinski definition) is 6. The van der Waals surface area contributed by atoms with Gasteiger partial charge in [-0.3, -0.25) is 19.9 Å². The molecule has 0 aliphatic carbocycles. The summed E-state index contributed by atoms with van der Waals surface area (Å²) in [4.78, 5) is 29.6. The van der Waals surface area contributed by atoms with E-state index in [0.717, 1.165) is 31.5 Å². The second kappa shape index (κ2) is 6.78. The number of likely N-dealkylation sites (tertiary alicyclic amines) is 1. The third-order valence-electron chi connectivity index (χ3n) is 3.40. The van der Waals surface area contributed by atoms with Gasteiger partial charge in [0.1, 0.15) is 0 Å². The Balaban J connectivity index is 2.05. The van der Waals surface area contributed by atoms with Crippen molar-refractivity contribution in [3.8, 4) is 0 Å². The van der Waals surface area contributed by atoms with E-state index in [1.165, 1.54) is 11.3 Å². The Morgan fingerprint density at radius 3 is 3.05 bits per heavy atom. The molecule has 0 bridgehead atoms. The van der Waals surface area contributed by atoms with Gasteiger partial charge in [0.2, 0.25) is 5.91 Å². The van der Waals surface area contributed by atoms with E-state index in [-0.39, 0.29) is 17.9 Å². The molecule has 1 aliphatic rings. The van der Waals surface area contributed by atoms with E-state index in [4.69, 9.17) is 5.84 Å². The molecule has 1 atom stereocenters. The minimum Gasteiger partial charge on any atom is -0.358 e. The van der Waals surface area contributed by atoms with E-state index < -0.39 is 0 Å². The molecular formula is C12H19N5O2S. The van der Waals surface area contributed by atoms with Crippen molar-refractivity contribution in [2.75, 3.05) is 13.6 Å². The third kappa shape index (κ3) is 3.33. The molecule has 110 valence electrons. The number of carbonyl (C=O) groups excluding carboxylic acids is 2. The number of nitrogens with one attached hydrogen (secondary N) is 2. The van der Waals surface area contributed by atoms with E-state index in [1.54, 1.807) is 7.05 Å². The van der Waals surface area contributed by atoms with Crippen LogP contribution in [0.5, 0.6) is 0 Å². The number of aromatic nitrogens is 1. The van der Waals surface area contributed by atoms with Crippen LogP contribution in [0, 0.1) is 0 Å². The maximum Gasteiger partial charge on any atom is 0.294 e. The van der Waals surface area contributed by atoms with Crippen molar-refractivity contribution in [3.05, 3.63) is 16.1 Å². The summed E-state index contributed by atoms with van der Waals surface area (Å²) in [7, 11) is 1.65. The highest BCUT2D eigenvalue weighted by atomic mass is 32.1. The molecular weight excluding hydrogens is 278 g/mol. The molecule has 2 heterocycles. The lowest BCUT2D eigenvalue weighted by atomic mass is 10.0. The lowest BCUT2D eigenvalue weighted by Gasteiger charge is -2.33. The van der Waals surface area contributed by atoms with Crippen molar-refractivity contribution in [2.45, 2.75) is 31.8 Å². The predicted molar refractivity (Wildman–Crippen MR) is 75.9 cm³/mol. The molecule has 1 aliphatic heterocycles. The fraction of sp³-hybridized carbons (Fsp3) is 0.583. The van der Waals surface area contributed by atoms with Crippen molar-refractivity contribution in [1.82, 2.24) is 20.6 Å². The summed E-state index contributed by atoms with van der Waals surface area (Å²) in [5.74, 6) is 4.74. The van der Waals surface area contributed by atoms with Crippen molar-refractivity contribution in [2.24, 2.45) is 5.84 Å². The van der Waals surface area contributed by atoms with Gasteiger partial charge in [0.25, 0.3) is 5.91 Å². The summed E-state index contributed by atoms with van der Waals surface area (Å²) in [5.41, 5.74) is 2.86. The fourth-order valence-corrected chi connectivity index (χ4v) is 3.11. The Bertz CT molecular complexity index is 490. The van der Waals surface area contributed by atoms with Crippen LogP contribution in [0.2, 0.25) is 0 Å². The molecule has 2 rings (SSSR count). The molecule has 1 aromatic rings. The van der Waals surface area contributed by atoms with E-state index in [2.05, 4.69) is 20.6 Å². The average molecular weight is 297 g/mol. The highest BCUT2D eigenvalue weighted by molar-refractivity contribution is 7.11. The smallest absolute Gasteiger partial charge is 0.294 e. The molecule has 0 spiro atoms. The average Bonchev–Trinajstić information content (AvgIpc) is 2.94. The van der Waals surface area contributed by atoms with Crippen LogP contribution in [0.3, 0.4) is 0 Å². The molecule has 0 aromatic carbocycles. The summed E-state index contributed by atoms with van der Waals surface area (Å²) in [6.45, 7) is 1.44. The highest BCUT2D eigenvalue weighted by Gasteiger charge is 2.28. The van der Waals surface area contributed by atoms with Crippen LogP contribution in [-0.2, 0) is 11.3 Å². The fourth-order valence-electron chi connectivity index (χ4n) is 2.40. The lowest BCUT2D eigenvalue weighted by Crippen LogP contribution is -2.48. The third-order valence-corrected chi connectivity index (χ3v) is 4.29. The van der Waals surface area contributed by atoms with Gasteiger partial charge in [-0.05, 0) is 19.4 Å². The molecule has 8 heteroatoms. The number of nitrogen functional groups attached to an aromatic ring is 1. The monoisotopic (exact) mass is 297 g/mol. The van der Waals surface area contributed by atoms with Crippen molar-refractivity contribution < 1.29 is 9.59 Å².